The minimum absolute atomic E-state index is 0.175. The third-order valence-electron chi connectivity index (χ3n) is 4.19. The van der Waals surface area contributed by atoms with Gasteiger partial charge in [0.25, 0.3) is 0 Å². The van der Waals surface area contributed by atoms with Crippen LogP contribution in [-0.2, 0) is 18.3 Å². The Bertz CT molecular complexity index is 616. The molecular formula is C17H26N4O2. The smallest absolute Gasteiger partial charge is 0.407 e. The van der Waals surface area contributed by atoms with Crippen LogP contribution in [-0.4, -0.2) is 28.3 Å². The number of carbonyl (C=O) groups is 1. The maximum Gasteiger partial charge on any atom is 0.407 e. The quantitative estimate of drug-likeness (QED) is 0.893. The molecule has 126 valence electrons. The lowest BCUT2D eigenvalue weighted by molar-refractivity contribution is 0.0465. The largest absolute Gasteiger partial charge is 0.444 e. The van der Waals surface area contributed by atoms with Crippen LogP contribution < -0.4 is 10.6 Å². The van der Waals surface area contributed by atoms with Crippen LogP contribution in [0.4, 0.5) is 4.79 Å². The molecule has 1 heterocycles. The van der Waals surface area contributed by atoms with Gasteiger partial charge < -0.3 is 19.9 Å². The van der Waals surface area contributed by atoms with E-state index >= 15 is 0 Å². The van der Waals surface area contributed by atoms with E-state index in [1.54, 1.807) is 0 Å². The van der Waals surface area contributed by atoms with Gasteiger partial charge in [0.05, 0.1) is 0 Å². The van der Waals surface area contributed by atoms with Gasteiger partial charge in [0, 0.05) is 31.4 Å². The number of ether oxygens (including phenoxy) is 1. The summed E-state index contributed by atoms with van der Waals surface area (Å²) >= 11 is 0. The third-order valence-corrected chi connectivity index (χ3v) is 4.19. The molecule has 1 saturated carbocycles. The molecule has 0 radical (unpaired) electrons. The van der Waals surface area contributed by atoms with Crippen molar-refractivity contribution in [3.05, 3.63) is 23.0 Å². The number of nitrogens with zero attached hydrogens (tertiary/aromatic N) is 2. The molecule has 1 fully saturated rings. The minimum atomic E-state index is -0.464. The van der Waals surface area contributed by atoms with Gasteiger partial charge in [-0.05, 0) is 52.2 Å². The van der Waals surface area contributed by atoms with Gasteiger partial charge in [-0.1, -0.05) is 0 Å². The molecule has 1 aliphatic carbocycles. The first-order valence-electron chi connectivity index (χ1n) is 7.98. The maximum absolute atomic E-state index is 11.7. The predicted octanol–water partition coefficient (Wildman–Crippen LogP) is 2.35. The Kier molecular flexibility index (Phi) is 5.00. The summed E-state index contributed by atoms with van der Waals surface area (Å²) in [6.45, 7) is 8.33. The van der Waals surface area contributed by atoms with E-state index in [9.17, 15) is 4.79 Å². The zero-order valence-corrected chi connectivity index (χ0v) is 14.6. The number of aromatic nitrogens is 1. The number of hydrogen-bond donors (Lipinski definition) is 2. The molecule has 0 atom stereocenters. The van der Waals surface area contributed by atoms with Gasteiger partial charge in [0.1, 0.15) is 17.4 Å². The zero-order chi connectivity index (χ0) is 17.2. The Labute approximate surface area is 137 Å². The maximum atomic E-state index is 11.7. The second kappa shape index (κ2) is 6.63. The second-order valence-electron chi connectivity index (χ2n) is 7.20. The van der Waals surface area contributed by atoms with Crippen LogP contribution in [0.25, 0.3) is 0 Å². The van der Waals surface area contributed by atoms with Crippen LogP contribution in [0.2, 0.25) is 0 Å². The van der Waals surface area contributed by atoms with Crippen molar-refractivity contribution >= 4 is 6.09 Å². The molecular weight excluding hydrogens is 292 g/mol. The van der Waals surface area contributed by atoms with Crippen molar-refractivity contribution < 1.29 is 9.53 Å². The first-order valence-corrected chi connectivity index (χ1v) is 7.98. The summed E-state index contributed by atoms with van der Waals surface area (Å²) in [7, 11) is 1.90. The lowest BCUT2D eigenvalue weighted by Gasteiger charge is -2.36. The molecule has 1 aromatic heterocycles. The standard InChI is InChI=1S/C17H26N4O2/c1-11-12(6-15(9-18)21(11)5)10-19-13-7-14(8-13)20-16(22)23-17(2,3)4/h6,13-14,19H,7-8,10H2,1-5H3,(H,20,22). The fourth-order valence-corrected chi connectivity index (χ4v) is 2.68. The van der Waals surface area contributed by atoms with Gasteiger partial charge in [-0.15, -0.1) is 0 Å². The Morgan fingerprint density at radius 2 is 2.09 bits per heavy atom. The van der Waals surface area contributed by atoms with Crippen LogP contribution in [0.3, 0.4) is 0 Å². The molecule has 6 nitrogen and oxygen atoms in total. The average molecular weight is 318 g/mol. The zero-order valence-electron chi connectivity index (χ0n) is 14.6. The van der Waals surface area contributed by atoms with E-state index in [0.717, 1.165) is 30.6 Å². The normalized spacial score (nSPS) is 20.5. The summed E-state index contributed by atoms with van der Waals surface area (Å²) in [6, 6.07) is 4.68. The fourth-order valence-electron chi connectivity index (χ4n) is 2.68. The summed E-state index contributed by atoms with van der Waals surface area (Å²) < 4.78 is 7.16. The number of nitrogens with one attached hydrogen (secondary N) is 2. The van der Waals surface area contributed by atoms with E-state index < -0.39 is 5.60 Å². The van der Waals surface area contributed by atoms with Crippen LogP contribution in [0.1, 0.15) is 50.6 Å². The Morgan fingerprint density at radius 1 is 1.43 bits per heavy atom. The number of alkyl carbamates (subject to hydrolysis) is 1. The molecule has 0 spiro atoms. The Balaban J connectivity index is 1.73. The number of carbonyl (C=O) groups excluding carboxylic acids is 1. The van der Waals surface area contributed by atoms with Gasteiger partial charge in [-0.3, -0.25) is 0 Å². The van der Waals surface area contributed by atoms with Gasteiger partial charge in [0.15, 0.2) is 0 Å². The summed E-state index contributed by atoms with van der Waals surface area (Å²) in [5, 5.41) is 15.4. The molecule has 2 N–H and O–H groups in total. The molecule has 0 unspecified atom stereocenters. The minimum Gasteiger partial charge on any atom is -0.444 e. The Morgan fingerprint density at radius 3 is 2.61 bits per heavy atom. The molecule has 1 amide bonds. The van der Waals surface area contributed by atoms with Crippen LogP contribution >= 0.6 is 0 Å². The topological polar surface area (TPSA) is 79.1 Å². The highest BCUT2D eigenvalue weighted by atomic mass is 16.6. The second-order valence-corrected chi connectivity index (χ2v) is 7.20. The SMILES string of the molecule is Cc1c(CNC2CC(NC(=O)OC(C)(C)C)C2)cc(C#N)n1C. The van der Waals surface area contributed by atoms with E-state index in [0.29, 0.717) is 11.7 Å². The van der Waals surface area contributed by atoms with E-state index in [1.807, 2.05) is 45.4 Å². The van der Waals surface area contributed by atoms with E-state index in [2.05, 4.69) is 16.7 Å². The van der Waals surface area contributed by atoms with Gasteiger partial charge in [-0.2, -0.15) is 5.26 Å². The average Bonchev–Trinajstić information content (AvgIpc) is 2.66. The van der Waals surface area contributed by atoms with E-state index in [4.69, 9.17) is 10.00 Å². The molecule has 0 aromatic carbocycles. The monoisotopic (exact) mass is 318 g/mol. The summed E-state index contributed by atoms with van der Waals surface area (Å²) in [5.74, 6) is 0. The molecule has 1 aromatic rings. The first-order chi connectivity index (χ1) is 10.7. The number of rotatable bonds is 4. The molecule has 1 aliphatic rings. The van der Waals surface area contributed by atoms with Gasteiger partial charge >= 0.3 is 6.09 Å². The highest BCUT2D eigenvalue weighted by molar-refractivity contribution is 5.68. The third kappa shape index (κ3) is 4.49. The fraction of sp³-hybridized carbons (Fsp3) is 0.647. The highest BCUT2D eigenvalue weighted by Crippen LogP contribution is 2.22. The highest BCUT2D eigenvalue weighted by Gasteiger charge is 2.31. The van der Waals surface area contributed by atoms with Crippen molar-refractivity contribution in [1.82, 2.24) is 15.2 Å². The summed E-state index contributed by atoms with van der Waals surface area (Å²) in [4.78, 5) is 11.7. The van der Waals surface area contributed by atoms with Crippen molar-refractivity contribution in [3.63, 3.8) is 0 Å². The van der Waals surface area contributed by atoms with Crippen LogP contribution in [0.5, 0.6) is 0 Å². The molecule has 0 bridgehead atoms. The van der Waals surface area contributed by atoms with Crippen LogP contribution in [0, 0.1) is 18.3 Å². The van der Waals surface area contributed by atoms with E-state index in [1.165, 1.54) is 0 Å². The molecule has 0 aliphatic heterocycles. The lowest BCUT2D eigenvalue weighted by atomic mass is 9.87. The number of amides is 1. The lowest BCUT2D eigenvalue weighted by Crippen LogP contribution is -2.53. The van der Waals surface area contributed by atoms with Crippen molar-refractivity contribution in [2.24, 2.45) is 7.05 Å². The molecule has 6 heteroatoms. The number of nitriles is 1. The predicted molar refractivity (Wildman–Crippen MR) is 87.9 cm³/mol. The molecule has 2 rings (SSSR count). The van der Waals surface area contributed by atoms with Crippen molar-refractivity contribution in [2.75, 3.05) is 0 Å². The first kappa shape index (κ1) is 17.4. The van der Waals surface area contributed by atoms with Crippen molar-refractivity contribution in [2.45, 2.75) is 64.8 Å². The molecule has 0 saturated heterocycles. The summed E-state index contributed by atoms with van der Waals surface area (Å²) in [5.41, 5.74) is 2.47. The van der Waals surface area contributed by atoms with Crippen molar-refractivity contribution in [3.8, 4) is 6.07 Å². The number of hydrogen-bond acceptors (Lipinski definition) is 4. The van der Waals surface area contributed by atoms with Gasteiger partial charge in [-0.25, -0.2) is 4.79 Å². The Hall–Kier alpha value is -2.00. The molecule has 23 heavy (non-hydrogen) atoms. The van der Waals surface area contributed by atoms with E-state index in [-0.39, 0.29) is 12.1 Å². The van der Waals surface area contributed by atoms with Crippen molar-refractivity contribution in [1.29, 1.82) is 5.26 Å². The van der Waals surface area contributed by atoms with Gasteiger partial charge in [0.2, 0.25) is 0 Å². The van der Waals surface area contributed by atoms with Crippen LogP contribution in [0.15, 0.2) is 6.07 Å². The summed E-state index contributed by atoms with van der Waals surface area (Å²) in [6.07, 6.45) is 1.45.